The normalized spacial score (nSPS) is 22.1. The second-order valence-corrected chi connectivity index (χ2v) is 13.4. The number of hydrogen-bond acceptors (Lipinski definition) is 0. The van der Waals surface area contributed by atoms with E-state index >= 15 is 0 Å². The van der Waals surface area contributed by atoms with Gasteiger partial charge in [-0.15, -0.1) is 0 Å². The second-order valence-electron chi connectivity index (χ2n) is 8.73. The molecule has 0 amide bonds. The van der Waals surface area contributed by atoms with Crippen LogP contribution in [0.3, 0.4) is 0 Å². The van der Waals surface area contributed by atoms with Gasteiger partial charge < -0.3 is 24.8 Å². The van der Waals surface area contributed by atoms with Gasteiger partial charge in [0.2, 0.25) is 0 Å². The Morgan fingerprint density at radius 3 is 1.60 bits per heavy atom. The Hall–Kier alpha value is -0.356. The molecule has 3 aliphatic rings. The van der Waals surface area contributed by atoms with Crippen molar-refractivity contribution in [1.82, 2.24) is 0 Å². The van der Waals surface area contributed by atoms with Crippen LogP contribution in [-0.2, 0) is 19.2 Å². The van der Waals surface area contributed by atoms with Crippen LogP contribution in [0.1, 0.15) is 72.7 Å². The van der Waals surface area contributed by atoms with Crippen LogP contribution in [0.4, 0.5) is 0 Å². The third kappa shape index (κ3) is 3.62. The number of hydrogen-bond donors (Lipinski definition) is 0. The molecule has 2 aromatic carbocycles. The predicted octanol–water partition coefficient (Wildman–Crippen LogP) is 1.80. The SMILES string of the molecule is CCCCP1C2=Cc3c(C)ccc(C)c3[CH]2[Ti+2][CH]2C1=Cc1c(C)ccc(C)c12.[Cl-].[Cl-]. The first-order chi connectivity index (χ1) is 13.5. The largest absolute Gasteiger partial charge is 1.00 e. The maximum atomic E-state index is 2.65. The molecule has 30 heavy (non-hydrogen) atoms. The molecule has 1 heterocycles. The number of benzene rings is 2. The minimum atomic E-state index is -0.147. The van der Waals surface area contributed by atoms with Crippen LogP contribution in [0.15, 0.2) is 34.9 Å². The molecule has 156 valence electrons. The zero-order chi connectivity index (χ0) is 19.6. The van der Waals surface area contributed by atoms with Crippen molar-refractivity contribution in [1.29, 1.82) is 0 Å². The maximum absolute atomic E-state index is 2.65. The van der Waals surface area contributed by atoms with Crippen molar-refractivity contribution in [2.45, 2.75) is 55.9 Å². The van der Waals surface area contributed by atoms with E-state index in [1.165, 1.54) is 41.3 Å². The van der Waals surface area contributed by atoms with Gasteiger partial charge in [0.25, 0.3) is 0 Å². The van der Waals surface area contributed by atoms with Crippen molar-refractivity contribution in [3.05, 3.63) is 79.4 Å². The van der Waals surface area contributed by atoms with E-state index in [1.54, 1.807) is 22.3 Å². The molecule has 1 saturated heterocycles. The van der Waals surface area contributed by atoms with Gasteiger partial charge in [0.15, 0.2) is 0 Å². The molecule has 0 spiro atoms. The first-order valence-electron chi connectivity index (χ1n) is 10.7. The second kappa shape index (κ2) is 9.25. The standard InChI is InChI=1S/C26H29P.2ClH.Ti/c1-6-7-12-27(21-13-23-17(2)8-9-18(3)24(23)14-21)22-15-25-19(4)10-11-20(5)26(25)16-22;;;/h8-11,13-16H,6-7,12H2,1-5H3;2*1H;/q;;;+2/p-2. The van der Waals surface area contributed by atoms with E-state index in [4.69, 9.17) is 0 Å². The Labute approximate surface area is 204 Å². The average molecular weight is 491 g/mol. The molecule has 0 aromatic heterocycles. The van der Waals surface area contributed by atoms with E-state index in [0.717, 1.165) is 8.45 Å². The Morgan fingerprint density at radius 2 is 1.17 bits per heavy atom. The minimum Gasteiger partial charge on any atom is -1.00 e. The number of fused-ring (bicyclic) bond motifs is 6. The van der Waals surface area contributed by atoms with Crippen molar-refractivity contribution in [3.63, 3.8) is 0 Å². The number of aryl methyl sites for hydroxylation is 4. The molecule has 0 bridgehead atoms. The summed E-state index contributed by atoms with van der Waals surface area (Å²) in [5.41, 5.74) is 12.6. The van der Waals surface area contributed by atoms with Gasteiger partial charge >= 0.3 is 181 Å². The summed E-state index contributed by atoms with van der Waals surface area (Å²) in [5, 5.41) is 3.67. The summed E-state index contributed by atoms with van der Waals surface area (Å²) in [5.74, 6) is 0. The molecular weight excluding hydrogens is 462 g/mol. The van der Waals surface area contributed by atoms with Gasteiger partial charge in [-0.05, 0) is 0 Å². The van der Waals surface area contributed by atoms with E-state index in [9.17, 15) is 0 Å². The third-order valence-electron chi connectivity index (χ3n) is 6.89. The van der Waals surface area contributed by atoms with Gasteiger partial charge in [-0.3, -0.25) is 0 Å². The van der Waals surface area contributed by atoms with Gasteiger partial charge in [-0.2, -0.15) is 0 Å². The molecule has 0 N–H and O–H groups in total. The smallest absolute Gasteiger partial charge is 1.00 e. The van der Waals surface area contributed by atoms with E-state index in [0.29, 0.717) is 0 Å². The van der Waals surface area contributed by atoms with Crippen LogP contribution < -0.4 is 24.8 Å². The molecule has 0 radical (unpaired) electrons. The van der Waals surface area contributed by atoms with Crippen LogP contribution in [0, 0.1) is 27.7 Å². The van der Waals surface area contributed by atoms with Crippen LogP contribution in [-0.4, -0.2) is 6.16 Å². The van der Waals surface area contributed by atoms with Crippen molar-refractivity contribution in [2.24, 2.45) is 0 Å². The molecular formula is C26H29Cl2PTi. The van der Waals surface area contributed by atoms with Gasteiger partial charge in [0.1, 0.15) is 0 Å². The fourth-order valence-corrected chi connectivity index (χ4v) is 13.3. The van der Waals surface area contributed by atoms with Gasteiger partial charge in [-0.1, -0.05) is 0 Å². The molecule has 2 unspecified atom stereocenters. The van der Waals surface area contributed by atoms with Gasteiger partial charge in [0, 0.05) is 0 Å². The van der Waals surface area contributed by atoms with Gasteiger partial charge in [-0.25, -0.2) is 0 Å². The molecule has 1 aliphatic heterocycles. The molecule has 2 aliphatic carbocycles. The Morgan fingerprint density at radius 1 is 0.733 bits per heavy atom. The van der Waals surface area contributed by atoms with Crippen LogP contribution in [0.2, 0.25) is 0 Å². The fraction of sp³-hybridized carbons (Fsp3) is 0.385. The zero-order valence-corrected chi connectivity index (χ0v) is 22.4. The summed E-state index contributed by atoms with van der Waals surface area (Å²) >= 11 is -0.143. The van der Waals surface area contributed by atoms with Crippen molar-refractivity contribution in [3.8, 4) is 0 Å². The Kier molecular flexibility index (Phi) is 7.49. The van der Waals surface area contributed by atoms with Crippen LogP contribution in [0.5, 0.6) is 0 Å². The third-order valence-corrected chi connectivity index (χ3v) is 13.3. The predicted molar refractivity (Wildman–Crippen MR) is 120 cm³/mol. The minimum absolute atomic E-state index is 0. The zero-order valence-electron chi connectivity index (χ0n) is 18.4. The Balaban J connectivity index is 0.00000128. The molecule has 1 fully saturated rings. The number of rotatable bonds is 3. The maximum Gasteiger partial charge on any atom is -1.00 e. The topological polar surface area (TPSA) is 0 Å². The number of halogens is 2. The molecule has 4 heteroatoms. The summed E-state index contributed by atoms with van der Waals surface area (Å²) in [6, 6.07) is 9.41. The van der Waals surface area contributed by atoms with Crippen LogP contribution in [0.25, 0.3) is 12.2 Å². The summed E-state index contributed by atoms with van der Waals surface area (Å²) in [7, 11) is -0.147. The van der Waals surface area contributed by atoms with Crippen molar-refractivity contribution in [2.75, 3.05) is 6.16 Å². The summed E-state index contributed by atoms with van der Waals surface area (Å²) < 4.78 is 1.54. The van der Waals surface area contributed by atoms with Crippen LogP contribution >= 0.6 is 7.92 Å². The fourth-order valence-electron chi connectivity index (χ4n) is 5.31. The van der Waals surface area contributed by atoms with Crippen molar-refractivity contribution < 1.29 is 44.0 Å². The summed E-state index contributed by atoms with van der Waals surface area (Å²) in [6.07, 6.45) is 9.35. The first kappa shape index (κ1) is 24.3. The average Bonchev–Trinajstić information content (AvgIpc) is 3.25. The van der Waals surface area contributed by atoms with E-state index < -0.39 is 0 Å². The quantitative estimate of drug-likeness (QED) is 0.454. The van der Waals surface area contributed by atoms with E-state index in [1.807, 2.05) is 10.6 Å². The molecule has 0 nitrogen and oxygen atoms in total. The molecule has 2 aromatic rings. The van der Waals surface area contributed by atoms with E-state index in [-0.39, 0.29) is 51.9 Å². The first-order valence-corrected chi connectivity index (χ1v) is 14.0. The molecule has 2 atom stereocenters. The summed E-state index contributed by atoms with van der Waals surface area (Å²) in [4.78, 5) is 0. The molecule has 0 saturated carbocycles. The Bertz CT molecular complexity index is 974. The molecule has 5 rings (SSSR count). The monoisotopic (exact) mass is 490 g/mol. The van der Waals surface area contributed by atoms with E-state index in [2.05, 4.69) is 71.0 Å². The number of allylic oxidation sites excluding steroid dienone is 2. The van der Waals surface area contributed by atoms with Gasteiger partial charge in [0.05, 0.1) is 0 Å². The summed E-state index contributed by atoms with van der Waals surface area (Å²) in [6.45, 7) is 11.7. The number of unbranched alkanes of at least 4 members (excludes halogenated alkanes) is 1. The van der Waals surface area contributed by atoms with Crippen molar-refractivity contribution >= 4 is 20.1 Å².